The summed E-state index contributed by atoms with van der Waals surface area (Å²) < 4.78 is 1.62. The van der Waals surface area contributed by atoms with Crippen LogP contribution in [-0.2, 0) is 37.1 Å². The van der Waals surface area contributed by atoms with Gasteiger partial charge in [-0.2, -0.15) is 11.8 Å². The molecule has 3 atom stereocenters. The van der Waals surface area contributed by atoms with Gasteiger partial charge in [0.25, 0.3) is 5.78 Å². The summed E-state index contributed by atoms with van der Waals surface area (Å²) in [5.41, 5.74) is 2.20. The largest absolute Gasteiger partial charge is 0.507 e. The predicted octanol–water partition coefficient (Wildman–Crippen LogP) is 3.81. The summed E-state index contributed by atoms with van der Waals surface area (Å²) in [6.07, 6.45) is 11.1. The number of ketones is 2. The number of aliphatic carboxylic acids is 1. The van der Waals surface area contributed by atoms with Crippen LogP contribution in [0.4, 0.5) is 4.79 Å². The van der Waals surface area contributed by atoms with E-state index in [9.17, 15) is 38.7 Å². The number of amides is 5. The molecule has 0 unspecified atom stereocenters. The molecule has 0 aliphatic carbocycles. The number of carboxylic acid groups (broad SMARTS) is 1. The third-order valence-corrected chi connectivity index (χ3v) is 11.9. The highest BCUT2D eigenvalue weighted by molar-refractivity contribution is 8.00. The summed E-state index contributed by atoms with van der Waals surface area (Å²) >= 11 is 1.89. The van der Waals surface area contributed by atoms with E-state index in [1.54, 1.807) is 41.2 Å². The third kappa shape index (κ3) is 15.2. The molecule has 2 fully saturated rings. The standard InChI is InChI=1S/C43H54N8O9S/c52-34(23-35(53)42(58)59)30-10-9-11-31(22-30)41(57)29-18-16-28(17-19-29)25-51-26-32(49-50-51)24-46-39(56)14-4-2-8-20-44-37(54)13-3-1-7-21-45-38(55)15-6-5-12-36-40-33(27-61-36)47-43(60)48-40/h9-11,16-19,22-23,26,33,36,40,52H,1-8,12-15,20-21,24-25,27H2,(H,44,54)(H,45,55)(H,46,56)(H,58,59)(H2,47,48,60)/b34-23-/t33-,36-,40-/m0/s1. The molecular weight excluding hydrogens is 805 g/mol. The minimum atomic E-state index is -1.70. The van der Waals surface area contributed by atoms with Crippen LogP contribution in [0.5, 0.6) is 0 Å². The van der Waals surface area contributed by atoms with Gasteiger partial charge in [-0.25, -0.2) is 14.3 Å². The van der Waals surface area contributed by atoms with Gasteiger partial charge in [-0.15, -0.1) is 5.10 Å². The number of hydrogen-bond donors (Lipinski definition) is 7. The van der Waals surface area contributed by atoms with Crippen molar-refractivity contribution in [2.75, 3.05) is 18.8 Å². The maximum absolute atomic E-state index is 13.1. The predicted molar refractivity (Wildman–Crippen MR) is 227 cm³/mol. The van der Waals surface area contributed by atoms with Crippen molar-refractivity contribution in [3.8, 4) is 0 Å². The first-order valence-electron chi connectivity index (χ1n) is 20.7. The Balaban J connectivity index is 0.850. The molecular formula is C43H54N8O9S. The number of nitrogens with one attached hydrogen (secondary N) is 5. The molecule has 2 aromatic carbocycles. The lowest BCUT2D eigenvalue weighted by Gasteiger charge is -2.16. The number of thioether (sulfide) groups is 1. The Morgan fingerprint density at radius 2 is 1.41 bits per heavy atom. The number of rotatable bonds is 26. The Kier molecular flexibility index (Phi) is 17.9. The molecule has 326 valence electrons. The Morgan fingerprint density at radius 3 is 2.08 bits per heavy atom. The fourth-order valence-electron chi connectivity index (χ4n) is 7.06. The van der Waals surface area contributed by atoms with Gasteiger partial charge in [0.2, 0.25) is 17.7 Å². The number of benzene rings is 2. The number of carbonyl (C=O) groups excluding carboxylic acids is 6. The van der Waals surface area contributed by atoms with E-state index in [1.165, 1.54) is 18.2 Å². The number of aromatic nitrogens is 3. The summed E-state index contributed by atoms with van der Waals surface area (Å²) in [5.74, 6) is -2.97. The molecule has 3 aromatic rings. The smallest absolute Gasteiger partial charge is 0.376 e. The van der Waals surface area contributed by atoms with Gasteiger partial charge in [-0.05, 0) is 50.2 Å². The minimum Gasteiger partial charge on any atom is -0.507 e. The van der Waals surface area contributed by atoms with Gasteiger partial charge in [-0.1, -0.05) is 66.9 Å². The molecule has 7 N–H and O–H groups in total. The number of aliphatic hydroxyl groups is 1. The maximum Gasteiger partial charge on any atom is 0.376 e. The van der Waals surface area contributed by atoms with Crippen molar-refractivity contribution < 1.29 is 43.8 Å². The molecule has 61 heavy (non-hydrogen) atoms. The molecule has 0 bridgehead atoms. The average molecular weight is 859 g/mol. The van der Waals surface area contributed by atoms with Crippen molar-refractivity contribution in [1.82, 2.24) is 41.6 Å². The van der Waals surface area contributed by atoms with Crippen LogP contribution in [0, 0.1) is 0 Å². The van der Waals surface area contributed by atoms with Gasteiger partial charge in [0.05, 0.1) is 31.4 Å². The number of nitrogens with zero attached hydrogens (tertiary/aromatic N) is 3. The molecule has 0 saturated carbocycles. The van der Waals surface area contributed by atoms with E-state index < -0.39 is 17.5 Å². The lowest BCUT2D eigenvalue weighted by molar-refractivity contribution is -0.146. The molecule has 2 saturated heterocycles. The van der Waals surface area contributed by atoms with E-state index in [0.29, 0.717) is 67.9 Å². The fourth-order valence-corrected chi connectivity index (χ4v) is 8.60. The maximum atomic E-state index is 13.1. The molecule has 18 heteroatoms. The number of fused-ring (bicyclic) bond motifs is 1. The van der Waals surface area contributed by atoms with Crippen molar-refractivity contribution in [2.45, 2.75) is 107 Å². The zero-order valence-electron chi connectivity index (χ0n) is 34.0. The summed E-state index contributed by atoms with van der Waals surface area (Å²) in [7, 11) is 0. The van der Waals surface area contributed by atoms with Crippen LogP contribution in [-0.4, -0.2) is 103 Å². The van der Waals surface area contributed by atoms with E-state index in [4.69, 9.17) is 5.11 Å². The zero-order valence-corrected chi connectivity index (χ0v) is 34.8. The fraction of sp³-hybridized carbons (Fsp3) is 0.465. The van der Waals surface area contributed by atoms with Crippen LogP contribution in [0.25, 0.3) is 5.76 Å². The summed E-state index contributed by atoms with van der Waals surface area (Å²) in [6.45, 7) is 1.77. The minimum absolute atomic E-state index is 0.00819. The van der Waals surface area contributed by atoms with E-state index in [2.05, 4.69) is 36.9 Å². The van der Waals surface area contributed by atoms with E-state index in [-0.39, 0.29) is 59.3 Å². The van der Waals surface area contributed by atoms with Crippen molar-refractivity contribution in [3.05, 3.63) is 88.8 Å². The van der Waals surface area contributed by atoms with Gasteiger partial charge in [0.15, 0.2) is 5.78 Å². The Bertz CT molecular complexity index is 2050. The second-order valence-electron chi connectivity index (χ2n) is 15.2. The van der Waals surface area contributed by atoms with Crippen LogP contribution in [0.2, 0.25) is 0 Å². The second-order valence-corrected chi connectivity index (χ2v) is 16.5. The molecule has 0 spiro atoms. The first-order chi connectivity index (χ1) is 29.4. The Hall–Kier alpha value is -6.04. The number of urea groups is 1. The molecule has 17 nitrogen and oxygen atoms in total. The van der Waals surface area contributed by atoms with Crippen molar-refractivity contribution >= 4 is 58.8 Å². The number of carbonyl (C=O) groups is 7. The molecule has 2 aliphatic rings. The van der Waals surface area contributed by atoms with E-state index >= 15 is 0 Å². The second kappa shape index (κ2) is 23.7. The van der Waals surface area contributed by atoms with Crippen LogP contribution in [0.1, 0.15) is 110 Å². The average Bonchev–Trinajstić information content (AvgIpc) is 3.97. The van der Waals surface area contributed by atoms with Crippen LogP contribution < -0.4 is 26.6 Å². The van der Waals surface area contributed by atoms with Crippen molar-refractivity contribution in [3.63, 3.8) is 0 Å². The summed E-state index contributed by atoms with van der Waals surface area (Å²) in [4.78, 5) is 83.5. The first kappa shape index (κ1) is 46.0. The molecule has 0 radical (unpaired) electrons. The monoisotopic (exact) mass is 858 g/mol. The highest BCUT2D eigenvalue weighted by Crippen LogP contribution is 2.33. The molecule has 1 aromatic heterocycles. The highest BCUT2D eigenvalue weighted by Gasteiger charge is 2.42. The first-order valence-corrected chi connectivity index (χ1v) is 21.8. The molecule has 5 amide bonds. The summed E-state index contributed by atoms with van der Waals surface area (Å²) in [6, 6.07) is 13.1. The number of aliphatic hydroxyl groups excluding tert-OH is 1. The SMILES string of the molecule is O=C(CCCCCNC(=O)CCCC[C@@H]1SC[C@@H]2NC(=O)N[C@@H]21)NCCCCCC(=O)NCc1cn(Cc2ccc(C(=O)c3cccc(/C(O)=C/C(=O)C(=O)O)c3)cc2)nn1. The van der Waals surface area contributed by atoms with Gasteiger partial charge in [0, 0.05) is 66.1 Å². The van der Waals surface area contributed by atoms with Crippen LogP contribution in [0.15, 0.2) is 60.8 Å². The number of unbranched alkanes of at least 4 members (excludes halogenated alkanes) is 5. The van der Waals surface area contributed by atoms with Crippen LogP contribution >= 0.6 is 11.8 Å². The van der Waals surface area contributed by atoms with Crippen molar-refractivity contribution in [2.24, 2.45) is 0 Å². The molecule has 5 rings (SSSR count). The van der Waals surface area contributed by atoms with Gasteiger partial charge < -0.3 is 36.8 Å². The Labute approximate surface area is 358 Å². The zero-order chi connectivity index (χ0) is 43.6. The lowest BCUT2D eigenvalue weighted by Crippen LogP contribution is -2.36. The highest BCUT2D eigenvalue weighted by atomic mass is 32.2. The van der Waals surface area contributed by atoms with Crippen LogP contribution in [0.3, 0.4) is 0 Å². The Morgan fingerprint density at radius 1 is 0.770 bits per heavy atom. The molecule has 2 aliphatic heterocycles. The van der Waals surface area contributed by atoms with Gasteiger partial charge in [-0.3, -0.25) is 24.0 Å². The number of carboxylic acids is 1. The van der Waals surface area contributed by atoms with Gasteiger partial charge >= 0.3 is 12.0 Å². The quantitative estimate of drug-likeness (QED) is 0.0152. The third-order valence-electron chi connectivity index (χ3n) is 10.4. The topological polar surface area (TPSA) is 251 Å². The van der Waals surface area contributed by atoms with E-state index in [0.717, 1.165) is 62.7 Å². The summed E-state index contributed by atoms with van der Waals surface area (Å²) in [5, 5.41) is 42.3. The molecule has 3 heterocycles. The number of hydrogen-bond acceptors (Lipinski definition) is 11. The normalized spacial score (nSPS) is 16.9. The van der Waals surface area contributed by atoms with E-state index in [1.807, 2.05) is 11.8 Å². The van der Waals surface area contributed by atoms with Crippen molar-refractivity contribution in [1.29, 1.82) is 0 Å². The lowest BCUT2D eigenvalue weighted by atomic mass is 9.99. The van der Waals surface area contributed by atoms with Gasteiger partial charge in [0.1, 0.15) is 11.5 Å².